The summed E-state index contributed by atoms with van der Waals surface area (Å²) in [6.45, 7) is 8.30. The standard InChI is InChI=1S/C19H33N5O2/c1-4-15(24-16-6-9-26-10-7-16)5-8-21-18-17(11-13(2)12-22-18)19(25)23-14(3)20/h11-12,14-16,24H,4-10,20H2,1-3H3,(H,21,22)(H,23,25). The zero-order valence-corrected chi connectivity index (χ0v) is 16.2. The van der Waals surface area contributed by atoms with Crippen LogP contribution in [0.25, 0.3) is 0 Å². The number of aryl methyl sites for hydroxylation is 1. The van der Waals surface area contributed by atoms with E-state index < -0.39 is 6.17 Å². The zero-order chi connectivity index (χ0) is 18.9. The van der Waals surface area contributed by atoms with Crippen molar-refractivity contribution in [1.29, 1.82) is 0 Å². The van der Waals surface area contributed by atoms with E-state index >= 15 is 0 Å². The van der Waals surface area contributed by atoms with E-state index in [0.29, 0.717) is 23.5 Å². The Labute approximate surface area is 156 Å². The number of hydrogen-bond acceptors (Lipinski definition) is 6. The van der Waals surface area contributed by atoms with Crippen molar-refractivity contribution in [3.63, 3.8) is 0 Å². The molecule has 0 spiro atoms. The van der Waals surface area contributed by atoms with Gasteiger partial charge in [0.25, 0.3) is 5.91 Å². The third-order valence-corrected chi connectivity index (χ3v) is 4.60. The molecule has 0 aromatic carbocycles. The number of carbonyl (C=O) groups is 1. The molecule has 2 heterocycles. The SMILES string of the molecule is CCC(CCNc1ncc(C)cc1C(=O)NC(C)N)NC1CCOCC1. The first-order valence-electron chi connectivity index (χ1n) is 9.60. The Hall–Kier alpha value is -1.70. The molecule has 2 rings (SSSR count). The summed E-state index contributed by atoms with van der Waals surface area (Å²) in [6.07, 6.45) is 5.55. The van der Waals surface area contributed by atoms with E-state index in [1.54, 1.807) is 13.1 Å². The maximum atomic E-state index is 12.3. The van der Waals surface area contributed by atoms with Gasteiger partial charge in [-0.25, -0.2) is 4.98 Å². The van der Waals surface area contributed by atoms with Crippen LogP contribution in [0.1, 0.15) is 55.5 Å². The van der Waals surface area contributed by atoms with E-state index in [0.717, 1.165) is 51.0 Å². The van der Waals surface area contributed by atoms with Crippen LogP contribution in [-0.4, -0.2) is 48.9 Å². The van der Waals surface area contributed by atoms with Gasteiger partial charge >= 0.3 is 0 Å². The van der Waals surface area contributed by atoms with Gasteiger partial charge in [-0.2, -0.15) is 0 Å². The second kappa shape index (κ2) is 10.4. The molecule has 2 atom stereocenters. The smallest absolute Gasteiger partial charge is 0.256 e. The number of carbonyl (C=O) groups excluding carboxylic acids is 1. The number of nitrogens with zero attached hydrogens (tertiary/aromatic N) is 1. The van der Waals surface area contributed by atoms with Crippen molar-refractivity contribution in [2.24, 2.45) is 5.73 Å². The van der Waals surface area contributed by atoms with Crippen LogP contribution in [-0.2, 0) is 4.74 Å². The fourth-order valence-corrected chi connectivity index (χ4v) is 3.14. The number of aromatic nitrogens is 1. The Balaban J connectivity index is 1.90. The second-order valence-corrected chi connectivity index (χ2v) is 7.04. The molecule has 0 saturated carbocycles. The van der Waals surface area contributed by atoms with Crippen molar-refractivity contribution in [2.75, 3.05) is 25.1 Å². The molecular formula is C19H33N5O2. The molecule has 0 aliphatic carbocycles. The maximum Gasteiger partial charge on any atom is 0.256 e. The van der Waals surface area contributed by atoms with Crippen molar-refractivity contribution in [3.8, 4) is 0 Å². The lowest BCUT2D eigenvalue weighted by molar-refractivity contribution is 0.0745. The first kappa shape index (κ1) is 20.6. The molecule has 5 N–H and O–H groups in total. The van der Waals surface area contributed by atoms with Crippen molar-refractivity contribution in [1.82, 2.24) is 15.6 Å². The minimum absolute atomic E-state index is 0.203. The first-order chi connectivity index (χ1) is 12.5. The third-order valence-electron chi connectivity index (χ3n) is 4.60. The highest BCUT2D eigenvalue weighted by atomic mass is 16.5. The van der Waals surface area contributed by atoms with Gasteiger partial charge in [-0.1, -0.05) is 6.92 Å². The summed E-state index contributed by atoms with van der Waals surface area (Å²) < 4.78 is 5.42. The highest BCUT2D eigenvalue weighted by Gasteiger charge is 2.18. The van der Waals surface area contributed by atoms with Crippen LogP contribution in [0.5, 0.6) is 0 Å². The monoisotopic (exact) mass is 363 g/mol. The Bertz CT molecular complexity index is 573. The van der Waals surface area contributed by atoms with Crippen molar-refractivity contribution in [3.05, 3.63) is 23.4 Å². The van der Waals surface area contributed by atoms with Gasteiger partial charge < -0.3 is 26.4 Å². The van der Waals surface area contributed by atoms with Crippen LogP contribution in [0.4, 0.5) is 5.82 Å². The molecule has 1 amide bonds. The highest BCUT2D eigenvalue weighted by molar-refractivity contribution is 5.99. The average Bonchev–Trinajstić information content (AvgIpc) is 2.62. The predicted octanol–water partition coefficient (Wildman–Crippen LogP) is 1.77. The second-order valence-electron chi connectivity index (χ2n) is 7.04. The summed E-state index contributed by atoms with van der Waals surface area (Å²) in [5, 5.41) is 9.77. The molecule has 1 aliphatic rings. The van der Waals surface area contributed by atoms with Gasteiger partial charge in [0.15, 0.2) is 0 Å². The van der Waals surface area contributed by atoms with Gasteiger partial charge in [-0.15, -0.1) is 0 Å². The number of nitrogens with two attached hydrogens (primary N) is 1. The minimum Gasteiger partial charge on any atom is -0.381 e. The normalized spacial score (nSPS) is 17.5. The van der Waals surface area contributed by atoms with Gasteiger partial charge in [0.2, 0.25) is 0 Å². The minimum atomic E-state index is -0.399. The number of amides is 1. The van der Waals surface area contributed by atoms with Crippen LogP contribution in [0.2, 0.25) is 0 Å². The third kappa shape index (κ3) is 6.55. The van der Waals surface area contributed by atoms with Crippen LogP contribution in [0, 0.1) is 6.92 Å². The fraction of sp³-hybridized carbons (Fsp3) is 0.684. The van der Waals surface area contributed by atoms with Crippen molar-refractivity contribution < 1.29 is 9.53 Å². The number of hydrogen-bond donors (Lipinski definition) is 4. The van der Waals surface area contributed by atoms with E-state index in [-0.39, 0.29) is 5.91 Å². The number of rotatable bonds is 9. The Kier molecular flexibility index (Phi) is 8.28. The molecule has 7 heteroatoms. The molecule has 1 aromatic heterocycles. The lowest BCUT2D eigenvalue weighted by atomic mass is 10.0. The van der Waals surface area contributed by atoms with Crippen LogP contribution < -0.4 is 21.7 Å². The molecular weight excluding hydrogens is 330 g/mol. The molecule has 0 bridgehead atoms. The predicted molar refractivity (Wildman–Crippen MR) is 104 cm³/mol. The molecule has 2 unspecified atom stereocenters. The van der Waals surface area contributed by atoms with Gasteiger partial charge in [-0.05, 0) is 51.2 Å². The summed E-state index contributed by atoms with van der Waals surface area (Å²) in [5.41, 5.74) is 7.15. The zero-order valence-electron chi connectivity index (χ0n) is 16.2. The van der Waals surface area contributed by atoms with E-state index in [1.807, 2.05) is 13.0 Å². The molecule has 0 radical (unpaired) electrons. The lowest BCUT2D eigenvalue weighted by Gasteiger charge is -2.28. The Morgan fingerprint density at radius 3 is 2.81 bits per heavy atom. The Morgan fingerprint density at radius 2 is 2.15 bits per heavy atom. The summed E-state index contributed by atoms with van der Waals surface area (Å²) in [5.74, 6) is 0.403. The first-order valence-corrected chi connectivity index (χ1v) is 9.60. The number of nitrogens with one attached hydrogen (secondary N) is 3. The van der Waals surface area contributed by atoms with Gasteiger partial charge in [0.05, 0.1) is 11.7 Å². The quantitative estimate of drug-likeness (QED) is 0.499. The molecule has 7 nitrogen and oxygen atoms in total. The molecule has 1 aliphatic heterocycles. The van der Waals surface area contributed by atoms with Crippen LogP contribution in [0.3, 0.4) is 0 Å². The van der Waals surface area contributed by atoms with Gasteiger partial charge in [-0.3, -0.25) is 4.79 Å². The Morgan fingerprint density at radius 1 is 1.42 bits per heavy atom. The summed E-state index contributed by atoms with van der Waals surface area (Å²) in [4.78, 5) is 16.7. The molecule has 1 aromatic rings. The molecule has 1 fully saturated rings. The van der Waals surface area contributed by atoms with E-state index in [2.05, 4.69) is 27.9 Å². The maximum absolute atomic E-state index is 12.3. The van der Waals surface area contributed by atoms with E-state index in [4.69, 9.17) is 10.5 Å². The summed E-state index contributed by atoms with van der Waals surface area (Å²) in [6, 6.07) is 2.82. The molecule has 146 valence electrons. The molecule has 26 heavy (non-hydrogen) atoms. The molecule has 1 saturated heterocycles. The van der Waals surface area contributed by atoms with Crippen molar-refractivity contribution in [2.45, 2.75) is 64.7 Å². The largest absolute Gasteiger partial charge is 0.381 e. The number of anilines is 1. The van der Waals surface area contributed by atoms with Crippen molar-refractivity contribution >= 4 is 11.7 Å². The number of pyridine rings is 1. The van der Waals surface area contributed by atoms with Gasteiger partial charge in [0, 0.05) is 38.0 Å². The summed E-state index contributed by atoms with van der Waals surface area (Å²) >= 11 is 0. The van der Waals surface area contributed by atoms with E-state index in [9.17, 15) is 4.79 Å². The van der Waals surface area contributed by atoms with Gasteiger partial charge in [0.1, 0.15) is 5.82 Å². The number of ether oxygens (including phenoxy) is 1. The summed E-state index contributed by atoms with van der Waals surface area (Å²) in [7, 11) is 0. The van der Waals surface area contributed by atoms with Crippen LogP contribution in [0.15, 0.2) is 12.3 Å². The lowest BCUT2D eigenvalue weighted by Crippen LogP contribution is -2.42. The fourth-order valence-electron chi connectivity index (χ4n) is 3.14. The highest BCUT2D eigenvalue weighted by Crippen LogP contribution is 2.15. The average molecular weight is 364 g/mol. The van der Waals surface area contributed by atoms with Crippen LogP contribution >= 0.6 is 0 Å². The topological polar surface area (TPSA) is 101 Å². The van der Waals surface area contributed by atoms with E-state index in [1.165, 1.54) is 0 Å².